The van der Waals surface area contributed by atoms with Crippen molar-refractivity contribution in [1.29, 1.82) is 0 Å². The molecule has 0 aliphatic rings. The van der Waals surface area contributed by atoms with Crippen LogP contribution in [0.5, 0.6) is 0 Å². The van der Waals surface area contributed by atoms with Crippen LogP contribution in [0.2, 0.25) is 5.02 Å². The van der Waals surface area contributed by atoms with Crippen LogP contribution in [-0.2, 0) is 10.0 Å². The van der Waals surface area contributed by atoms with E-state index in [2.05, 4.69) is 15.0 Å². The molecule has 0 aliphatic carbocycles. The van der Waals surface area contributed by atoms with E-state index in [1.807, 2.05) is 0 Å². The fraction of sp³-hybridized carbons (Fsp3) is 0.0833. The van der Waals surface area contributed by atoms with E-state index < -0.39 is 15.8 Å². The molecule has 0 atom stereocenters. The number of nitrogens with one attached hydrogen (secondary N) is 2. The van der Waals surface area contributed by atoms with E-state index in [-0.39, 0.29) is 15.6 Å². The topological polar surface area (TPSA) is 71.1 Å². The van der Waals surface area contributed by atoms with Gasteiger partial charge in [-0.3, -0.25) is 4.72 Å². The van der Waals surface area contributed by atoms with Gasteiger partial charge in [0.2, 0.25) is 0 Å². The number of benzene rings is 1. The summed E-state index contributed by atoms with van der Waals surface area (Å²) in [5.74, 6) is -0.184. The van der Waals surface area contributed by atoms with Crippen molar-refractivity contribution in [2.24, 2.45) is 0 Å². The standard InChI is InChI=1S/C12H11ClFN3O2S/c1-15-12-7-9(4-5-16-12)20(18,19)17-11-6-8(14)2-3-10(11)13/h2-7,17H,1H3,(H,15,16). The largest absolute Gasteiger partial charge is 0.373 e. The fourth-order valence-corrected chi connectivity index (χ4v) is 2.80. The van der Waals surface area contributed by atoms with Crippen molar-refractivity contribution in [3.63, 3.8) is 0 Å². The molecule has 20 heavy (non-hydrogen) atoms. The second-order valence-corrected chi connectivity index (χ2v) is 5.95. The Hall–Kier alpha value is -1.86. The van der Waals surface area contributed by atoms with Gasteiger partial charge in [-0.2, -0.15) is 0 Å². The molecule has 0 amide bonds. The van der Waals surface area contributed by atoms with E-state index in [9.17, 15) is 12.8 Å². The highest BCUT2D eigenvalue weighted by atomic mass is 35.5. The minimum Gasteiger partial charge on any atom is -0.373 e. The molecule has 0 unspecified atom stereocenters. The molecule has 8 heteroatoms. The second kappa shape index (κ2) is 5.64. The summed E-state index contributed by atoms with van der Waals surface area (Å²) in [6.45, 7) is 0. The number of hydrogen-bond acceptors (Lipinski definition) is 4. The van der Waals surface area contributed by atoms with Crippen LogP contribution in [0.4, 0.5) is 15.9 Å². The van der Waals surface area contributed by atoms with Gasteiger partial charge in [0.05, 0.1) is 15.6 Å². The highest BCUT2D eigenvalue weighted by Crippen LogP contribution is 2.25. The Kier molecular flexibility index (Phi) is 4.10. The normalized spacial score (nSPS) is 11.2. The van der Waals surface area contributed by atoms with Crippen molar-refractivity contribution in [3.05, 3.63) is 47.4 Å². The monoisotopic (exact) mass is 315 g/mol. The van der Waals surface area contributed by atoms with E-state index in [0.29, 0.717) is 5.82 Å². The van der Waals surface area contributed by atoms with E-state index in [1.54, 1.807) is 7.05 Å². The van der Waals surface area contributed by atoms with E-state index in [1.165, 1.54) is 24.4 Å². The number of anilines is 2. The predicted molar refractivity (Wildman–Crippen MR) is 76.0 cm³/mol. The predicted octanol–water partition coefficient (Wildman–Crippen LogP) is 2.72. The maximum absolute atomic E-state index is 13.1. The summed E-state index contributed by atoms with van der Waals surface area (Å²) in [7, 11) is -2.25. The van der Waals surface area contributed by atoms with Crippen LogP contribution in [-0.4, -0.2) is 20.4 Å². The zero-order valence-corrected chi connectivity index (χ0v) is 12.0. The van der Waals surface area contributed by atoms with Crippen LogP contribution < -0.4 is 10.0 Å². The molecule has 2 aromatic rings. The van der Waals surface area contributed by atoms with Gasteiger partial charge in [-0.15, -0.1) is 0 Å². The number of rotatable bonds is 4. The minimum absolute atomic E-state index is 0.00261. The van der Waals surface area contributed by atoms with E-state index in [4.69, 9.17) is 11.6 Å². The minimum atomic E-state index is -3.87. The lowest BCUT2D eigenvalue weighted by Crippen LogP contribution is -2.14. The summed E-state index contributed by atoms with van der Waals surface area (Å²) in [4.78, 5) is 3.92. The maximum atomic E-state index is 13.1. The lowest BCUT2D eigenvalue weighted by Gasteiger charge is -2.10. The molecule has 5 nitrogen and oxygen atoms in total. The van der Waals surface area contributed by atoms with Crippen molar-refractivity contribution < 1.29 is 12.8 Å². The molecule has 0 aliphatic heterocycles. The van der Waals surface area contributed by atoms with E-state index in [0.717, 1.165) is 12.1 Å². The quantitative estimate of drug-likeness (QED) is 0.910. The Bertz CT molecular complexity index is 737. The average molecular weight is 316 g/mol. The highest BCUT2D eigenvalue weighted by Gasteiger charge is 2.16. The van der Waals surface area contributed by atoms with Crippen molar-refractivity contribution in [1.82, 2.24) is 4.98 Å². The molecule has 0 saturated heterocycles. The van der Waals surface area contributed by atoms with Crippen molar-refractivity contribution >= 4 is 33.1 Å². The summed E-state index contributed by atoms with van der Waals surface area (Å²) >= 11 is 5.83. The Morgan fingerprint density at radius 3 is 2.70 bits per heavy atom. The molecule has 2 rings (SSSR count). The molecule has 1 aromatic carbocycles. The van der Waals surface area contributed by atoms with Crippen LogP contribution in [0.25, 0.3) is 0 Å². The first kappa shape index (κ1) is 14.5. The van der Waals surface area contributed by atoms with Crippen LogP contribution in [0, 0.1) is 5.82 Å². The van der Waals surface area contributed by atoms with Gasteiger partial charge in [-0.25, -0.2) is 17.8 Å². The summed E-state index contributed by atoms with van der Waals surface area (Å²) in [5.41, 5.74) is -0.0190. The van der Waals surface area contributed by atoms with Crippen molar-refractivity contribution in [2.45, 2.75) is 4.90 Å². The van der Waals surface area contributed by atoms with Crippen LogP contribution in [0.1, 0.15) is 0 Å². The van der Waals surface area contributed by atoms with Gasteiger partial charge >= 0.3 is 0 Å². The fourth-order valence-electron chi connectivity index (χ4n) is 1.49. The van der Waals surface area contributed by atoms with Gasteiger partial charge in [-0.1, -0.05) is 11.6 Å². The molecular weight excluding hydrogens is 305 g/mol. The molecule has 0 fully saturated rings. The van der Waals surface area contributed by atoms with Gasteiger partial charge < -0.3 is 5.32 Å². The number of halogens is 2. The summed E-state index contributed by atoms with van der Waals surface area (Å²) in [6, 6.07) is 6.12. The molecule has 0 spiro atoms. The van der Waals surface area contributed by atoms with Crippen LogP contribution >= 0.6 is 11.6 Å². The first-order valence-corrected chi connectivity index (χ1v) is 7.40. The summed E-state index contributed by atoms with van der Waals surface area (Å²) in [5, 5.41) is 2.84. The molecule has 0 radical (unpaired) electrons. The van der Waals surface area contributed by atoms with Gasteiger partial charge in [0, 0.05) is 19.3 Å². The third-order valence-electron chi connectivity index (χ3n) is 2.47. The highest BCUT2D eigenvalue weighted by molar-refractivity contribution is 7.92. The van der Waals surface area contributed by atoms with Gasteiger partial charge in [0.15, 0.2) is 0 Å². The average Bonchev–Trinajstić information content (AvgIpc) is 2.43. The lowest BCUT2D eigenvalue weighted by atomic mass is 10.3. The molecule has 0 bridgehead atoms. The zero-order chi connectivity index (χ0) is 14.8. The van der Waals surface area contributed by atoms with Crippen molar-refractivity contribution in [2.75, 3.05) is 17.1 Å². The van der Waals surface area contributed by atoms with Crippen LogP contribution in [0.15, 0.2) is 41.4 Å². The second-order valence-electron chi connectivity index (χ2n) is 3.86. The molecule has 1 heterocycles. The molecule has 0 saturated carbocycles. The third kappa shape index (κ3) is 3.17. The smallest absolute Gasteiger partial charge is 0.262 e. The number of pyridine rings is 1. The first-order chi connectivity index (χ1) is 9.42. The van der Waals surface area contributed by atoms with Gasteiger partial charge in [0.25, 0.3) is 10.0 Å². The Morgan fingerprint density at radius 2 is 2.00 bits per heavy atom. The number of sulfonamides is 1. The van der Waals surface area contributed by atoms with Gasteiger partial charge in [0.1, 0.15) is 11.6 Å². The van der Waals surface area contributed by atoms with Crippen molar-refractivity contribution in [3.8, 4) is 0 Å². The zero-order valence-electron chi connectivity index (χ0n) is 10.4. The van der Waals surface area contributed by atoms with E-state index >= 15 is 0 Å². The van der Waals surface area contributed by atoms with Crippen LogP contribution in [0.3, 0.4) is 0 Å². The Morgan fingerprint density at radius 1 is 1.25 bits per heavy atom. The first-order valence-electron chi connectivity index (χ1n) is 5.54. The number of hydrogen-bond donors (Lipinski definition) is 2. The molecular formula is C12H11ClFN3O2S. The molecule has 1 aromatic heterocycles. The third-order valence-corrected chi connectivity index (χ3v) is 4.16. The Balaban J connectivity index is 2.38. The maximum Gasteiger partial charge on any atom is 0.262 e. The number of aromatic nitrogens is 1. The Labute approximate surface area is 120 Å². The molecule has 106 valence electrons. The summed E-state index contributed by atoms with van der Waals surface area (Å²) < 4.78 is 39.7. The number of nitrogens with zero attached hydrogens (tertiary/aromatic N) is 1. The lowest BCUT2D eigenvalue weighted by molar-refractivity contribution is 0.601. The summed E-state index contributed by atoms with van der Waals surface area (Å²) in [6.07, 6.45) is 1.35. The van der Waals surface area contributed by atoms with Gasteiger partial charge in [-0.05, 0) is 24.3 Å². The SMILES string of the molecule is CNc1cc(S(=O)(=O)Nc2cc(F)ccc2Cl)ccn1. The molecule has 2 N–H and O–H groups in total.